The molecular weight excluding hydrogens is 188 g/mol. The summed E-state index contributed by atoms with van der Waals surface area (Å²) in [4.78, 5) is 11.3. The number of rotatable bonds is 8. The molecule has 0 aliphatic carbocycles. The second kappa shape index (κ2) is 8.72. The van der Waals surface area contributed by atoms with Crippen LogP contribution in [0.15, 0.2) is 0 Å². The van der Waals surface area contributed by atoms with Crippen LogP contribution in [0.4, 0.5) is 0 Å². The average molecular weight is 214 g/mol. The Morgan fingerprint density at radius 2 is 1.87 bits per heavy atom. The predicted octanol–water partition coefficient (Wildman–Crippen LogP) is 2.06. The normalized spacial score (nSPS) is 12.9. The van der Waals surface area contributed by atoms with Gasteiger partial charge in [0.2, 0.25) is 5.91 Å². The van der Waals surface area contributed by atoms with E-state index in [9.17, 15) is 4.79 Å². The van der Waals surface area contributed by atoms with Crippen LogP contribution in [0.5, 0.6) is 0 Å². The highest BCUT2D eigenvalue weighted by Crippen LogP contribution is 2.02. The molecular formula is C12H26N2O. The molecule has 0 fully saturated rings. The molecule has 3 N–H and O–H groups in total. The fourth-order valence-electron chi connectivity index (χ4n) is 1.41. The molecule has 0 spiro atoms. The van der Waals surface area contributed by atoms with Crippen molar-refractivity contribution in [2.45, 2.75) is 58.9 Å². The zero-order valence-corrected chi connectivity index (χ0v) is 10.4. The van der Waals surface area contributed by atoms with E-state index in [-0.39, 0.29) is 11.9 Å². The molecule has 90 valence electrons. The standard InChI is InChI=1S/C12H26N2O/c1-10(2)6-5-9-14-12(15)8-4-7-11(3)13/h10-11H,4-9,13H2,1-3H3,(H,14,15). The monoisotopic (exact) mass is 214 g/mol. The summed E-state index contributed by atoms with van der Waals surface area (Å²) in [5.41, 5.74) is 5.60. The Balaban J connectivity index is 3.26. The fraction of sp³-hybridized carbons (Fsp3) is 0.917. The van der Waals surface area contributed by atoms with E-state index in [0.29, 0.717) is 6.42 Å². The zero-order valence-electron chi connectivity index (χ0n) is 10.4. The minimum absolute atomic E-state index is 0.166. The zero-order chi connectivity index (χ0) is 11.7. The highest BCUT2D eigenvalue weighted by atomic mass is 16.1. The van der Waals surface area contributed by atoms with E-state index in [1.165, 1.54) is 6.42 Å². The summed E-state index contributed by atoms with van der Waals surface area (Å²) in [5.74, 6) is 0.888. The van der Waals surface area contributed by atoms with E-state index in [4.69, 9.17) is 5.73 Å². The molecule has 15 heavy (non-hydrogen) atoms. The number of nitrogens with one attached hydrogen (secondary N) is 1. The summed E-state index contributed by atoms with van der Waals surface area (Å²) in [6.45, 7) is 7.19. The number of hydrogen-bond acceptors (Lipinski definition) is 2. The van der Waals surface area contributed by atoms with Gasteiger partial charge in [-0.1, -0.05) is 13.8 Å². The van der Waals surface area contributed by atoms with Crippen molar-refractivity contribution in [3.63, 3.8) is 0 Å². The van der Waals surface area contributed by atoms with E-state index in [0.717, 1.165) is 31.7 Å². The van der Waals surface area contributed by atoms with Crippen LogP contribution >= 0.6 is 0 Å². The van der Waals surface area contributed by atoms with Crippen LogP contribution in [0.25, 0.3) is 0 Å². The highest BCUT2D eigenvalue weighted by molar-refractivity contribution is 5.75. The van der Waals surface area contributed by atoms with Crippen LogP contribution in [-0.4, -0.2) is 18.5 Å². The average Bonchev–Trinajstić information content (AvgIpc) is 2.11. The second-order valence-electron chi connectivity index (χ2n) is 4.76. The highest BCUT2D eigenvalue weighted by Gasteiger charge is 2.02. The Morgan fingerprint density at radius 1 is 1.20 bits per heavy atom. The van der Waals surface area contributed by atoms with Gasteiger partial charge in [-0.15, -0.1) is 0 Å². The number of nitrogens with two attached hydrogens (primary N) is 1. The van der Waals surface area contributed by atoms with Crippen LogP contribution in [0.2, 0.25) is 0 Å². The fourth-order valence-corrected chi connectivity index (χ4v) is 1.41. The predicted molar refractivity (Wildman–Crippen MR) is 64.6 cm³/mol. The lowest BCUT2D eigenvalue weighted by molar-refractivity contribution is -0.121. The summed E-state index contributed by atoms with van der Waals surface area (Å²) in [6.07, 6.45) is 4.70. The molecule has 0 radical (unpaired) electrons. The molecule has 1 amide bonds. The van der Waals surface area contributed by atoms with Crippen molar-refractivity contribution in [3.05, 3.63) is 0 Å². The molecule has 3 heteroatoms. The van der Waals surface area contributed by atoms with Crippen molar-refractivity contribution >= 4 is 5.91 Å². The van der Waals surface area contributed by atoms with Crippen molar-refractivity contribution in [1.82, 2.24) is 5.32 Å². The van der Waals surface area contributed by atoms with Gasteiger partial charge in [-0.3, -0.25) is 4.79 Å². The van der Waals surface area contributed by atoms with Crippen LogP contribution in [0.1, 0.15) is 52.9 Å². The first-order chi connectivity index (χ1) is 7.02. The molecule has 0 bridgehead atoms. The smallest absolute Gasteiger partial charge is 0.219 e. The quantitative estimate of drug-likeness (QED) is 0.608. The topological polar surface area (TPSA) is 55.1 Å². The molecule has 0 saturated carbocycles. The molecule has 3 nitrogen and oxygen atoms in total. The van der Waals surface area contributed by atoms with E-state index in [1.807, 2.05) is 6.92 Å². The molecule has 0 aliphatic rings. The maximum Gasteiger partial charge on any atom is 0.219 e. The minimum atomic E-state index is 0.166. The molecule has 0 aromatic heterocycles. The summed E-state index contributed by atoms with van der Waals surface area (Å²) in [6, 6.07) is 0.207. The molecule has 0 rings (SSSR count). The van der Waals surface area contributed by atoms with E-state index in [2.05, 4.69) is 19.2 Å². The Bertz CT molecular complexity index is 167. The van der Waals surface area contributed by atoms with Gasteiger partial charge in [-0.25, -0.2) is 0 Å². The first kappa shape index (κ1) is 14.4. The van der Waals surface area contributed by atoms with Gasteiger partial charge in [-0.2, -0.15) is 0 Å². The molecule has 1 unspecified atom stereocenters. The van der Waals surface area contributed by atoms with E-state index < -0.39 is 0 Å². The Morgan fingerprint density at radius 3 is 2.40 bits per heavy atom. The lowest BCUT2D eigenvalue weighted by Crippen LogP contribution is -2.25. The van der Waals surface area contributed by atoms with Crippen LogP contribution in [-0.2, 0) is 4.79 Å². The molecule has 0 saturated heterocycles. The molecule has 0 aromatic rings. The van der Waals surface area contributed by atoms with Crippen LogP contribution in [0, 0.1) is 5.92 Å². The first-order valence-corrected chi connectivity index (χ1v) is 6.04. The summed E-state index contributed by atoms with van der Waals surface area (Å²) >= 11 is 0. The van der Waals surface area contributed by atoms with Crippen molar-refractivity contribution < 1.29 is 4.79 Å². The lowest BCUT2D eigenvalue weighted by atomic mass is 10.1. The third-order valence-corrected chi connectivity index (χ3v) is 2.34. The largest absolute Gasteiger partial charge is 0.356 e. The number of carbonyl (C=O) groups excluding carboxylic acids is 1. The third-order valence-electron chi connectivity index (χ3n) is 2.34. The van der Waals surface area contributed by atoms with Gasteiger partial charge in [0.25, 0.3) is 0 Å². The van der Waals surface area contributed by atoms with Gasteiger partial charge < -0.3 is 11.1 Å². The first-order valence-electron chi connectivity index (χ1n) is 6.04. The second-order valence-corrected chi connectivity index (χ2v) is 4.76. The van der Waals surface area contributed by atoms with Crippen molar-refractivity contribution in [1.29, 1.82) is 0 Å². The molecule has 1 atom stereocenters. The maximum absolute atomic E-state index is 11.3. The summed E-state index contributed by atoms with van der Waals surface area (Å²) < 4.78 is 0. The molecule has 0 heterocycles. The Kier molecular flexibility index (Phi) is 8.38. The molecule has 0 aliphatic heterocycles. The van der Waals surface area contributed by atoms with Gasteiger partial charge in [0.1, 0.15) is 0 Å². The van der Waals surface area contributed by atoms with E-state index >= 15 is 0 Å². The summed E-state index contributed by atoms with van der Waals surface area (Å²) in [5, 5.41) is 2.93. The summed E-state index contributed by atoms with van der Waals surface area (Å²) in [7, 11) is 0. The van der Waals surface area contributed by atoms with Gasteiger partial charge in [0.15, 0.2) is 0 Å². The third kappa shape index (κ3) is 11.4. The van der Waals surface area contributed by atoms with Crippen molar-refractivity contribution in [2.24, 2.45) is 11.7 Å². The van der Waals surface area contributed by atoms with Gasteiger partial charge in [0, 0.05) is 19.0 Å². The molecule has 0 aromatic carbocycles. The van der Waals surface area contributed by atoms with Gasteiger partial charge >= 0.3 is 0 Å². The Hall–Kier alpha value is -0.570. The number of amides is 1. The van der Waals surface area contributed by atoms with Gasteiger partial charge in [0.05, 0.1) is 0 Å². The number of carbonyl (C=O) groups is 1. The number of hydrogen-bond donors (Lipinski definition) is 2. The van der Waals surface area contributed by atoms with E-state index in [1.54, 1.807) is 0 Å². The van der Waals surface area contributed by atoms with Crippen molar-refractivity contribution in [2.75, 3.05) is 6.54 Å². The Labute approximate surface area is 93.8 Å². The van der Waals surface area contributed by atoms with Crippen molar-refractivity contribution in [3.8, 4) is 0 Å². The van der Waals surface area contributed by atoms with Gasteiger partial charge in [-0.05, 0) is 38.5 Å². The minimum Gasteiger partial charge on any atom is -0.356 e. The lowest BCUT2D eigenvalue weighted by Gasteiger charge is -2.07. The van der Waals surface area contributed by atoms with Crippen LogP contribution < -0.4 is 11.1 Å². The van der Waals surface area contributed by atoms with Crippen LogP contribution in [0.3, 0.4) is 0 Å². The maximum atomic E-state index is 11.3. The SMILES string of the molecule is CC(C)CCCNC(=O)CCCC(C)N.